The number of furan rings is 1. The molecule has 2 aromatic heterocycles. The van der Waals surface area contributed by atoms with E-state index in [1.54, 1.807) is 18.2 Å². The highest BCUT2D eigenvalue weighted by atomic mass is 19.3. The molecule has 210 valence electrons. The largest absolute Gasteiger partial charge is 0.464 e. The molecule has 2 aromatic carbocycles. The fraction of sp³-hybridized carbons (Fsp3) is 0.321. The van der Waals surface area contributed by atoms with Crippen LogP contribution in [-0.2, 0) is 11.3 Å². The summed E-state index contributed by atoms with van der Waals surface area (Å²) in [6.07, 6.45) is 0.775. The molecule has 1 fully saturated rings. The normalized spacial score (nSPS) is 14.6. The third-order valence-electron chi connectivity index (χ3n) is 7.17. The number of aromatic nitrogens is 2. The summed E-state index contributed by atoms with van der Waals surface area (Å²) in [7, 11) is 3.95. The van der Waals surface area contributed by atoms with Crippen molar-refractivity contribution in [3.8, 4) is 22.8 Å². The monoisotopic (exact) mass is 557 g/mol. The van der Waals surface area contributed by atoms with Crippen molar-refractivity contribution < 1.29 is 31.2 Å². The van der Waals surface area contributed by atoms with E-state index >= 15 is 8.78 Å². The zero-order valence-electron chi connectivity index (χ0n) is 21.9. The molecule has 8 nitrogen and oxygen atoms in total. The Hall–Kier alpha value is -4.19. The SMILES string of the molecule is CN1CCC(N(C)c2cc(-c3ccco3)c(F)cc2N(C=O)Cc2ccc(-c3nnc(C(F)F)o3)cc2F)CC1. The summed E-state index contributed by atoms with van der Waals surface area (Å²) in [5.41, 5.74) is 1.33. The minimum Gasteiger partial charge on any atom is -0.464 e. The van der Waals surface area contributed by atoms with Gasteiger partial charge in [0.05, 0.1) is 29.7 Å². The van der Waals surface area contributed by atoms with Crippen LogP contribution in [0.4, 0.5) is 28.9 Å². The lowest BCUT2D eigenvalue weighted by atomic mass is 10.0. The standard InChI is InChI=1S/C28H27F4N5O3/c1-35-9-7-19(8-10-35)36(2)23-13-20(25-4-3-11-39-25)22(30)14-24(23)37(16-38)15-18-6-5-17(12-21(18)29)27-33-34-28(40-27)26(31)32/h3-6,11-14,16,19,26H,7-10,15H2,1-2H3. The number of halogens is 4. The molecule has 0 bridgehead atoms. The lowest BCUT2D eigenvalue weighted by Crippen LogP contribution is -2.42. The van der Waals surface area contributed by atoms with Gasteiger partial charge in [0.25, 0.3) is 5.89 Å². The van der Waals surface area contributed by atoms with E-state index < -0.39 is 24.0 Å². The summed E-state index contributed by atoms with van der Waals surface area (Å²) in [6, 6.07) is 10.2. The van der Waals surface area contributed by atoms with Crippen molar-refractivity contribution in [1.29, 1.82) is 0 Å². The summed E-state index contributed by atoms with van der Waals surface area (Å²) in [5.74, 6) is -2.10. The van der Waals surface area contributed by atoms with Crippen LogP contribution in [0.2, 0.25) is 0 Å². The molecule has 1 aliphatic rings. The number of nitrogens with zero attached hydrogens (tertiary/aromatic N) is 5. The van der Waals surface area contributed by atoms with Crippen molar-refractivity contribution in [3.05, 3.63) is 71.8 Å². The Balaban J connectivity index is 1.48. The summed E-state index contributed by atoms with van der Waals surface area (Å²) in [5, 5.41) is 6.79. The maximum absolute atomic E-state index is 15.4. The van der Waals surface area contributed by atoms with Gasteiger partial charge in [0.2, 0.25) is 12.3 Å². The number of anilines is 2. The second kappa shape index (κ2) is 11.5. The van der Waals surface area contributed by atoms with Crippen LogP contribution in [0.3, 0.4) is 0 Å². The second-order valence-corrected chi connectivity index (χ2v) is 9.73. The van der Waals surface area contributed by atoms with E-state index in [4.69, 9.17) is 8.83 Å². The molecule has 1 amide bonds. The molecule has 40 heavy (non-hydrogen) atoms. The van der Waals surface area contributed by atoms with Gasteiger partial charge in [0.15, 0.2) is 0 Å². The van der Waals surface area contributed by atoms with Crippen molar-refractivity contribution >= 4 is 17.8 Å². The number of likely N-dealkylation sites (tertiary alicyclic amines) is 1. The number of benzene rings is 2. The summed E-state index contributed by atoms with van der Waals surface area (Å²) in [4.78, 5) is 17.8. The third-order valence-corrected chi connectivity index (χ3v) is 7.17. The number of alkyl halides is 2. The van der Waals surface area contributed by atoms with Gasteiger partial charge >= 0.3 is 6.43 Å². The van der Waals surface area contributed by atoms with Crippen LogP contribution in [0.1, 0.15) is 30.7 Å². The molecule has 12 heteroatoms. The maximum atomic E-state index is 15.4. The summed E-state index contributed by atoms with van der Waals surface area (Å²) in [6.45, 7) is 1.57. The highest BCUT2D eigenvalue weighted by Gasteiger charge is 2.27. The van der Waals surface area contributed by atoms with E-state index in [9.17, 15) is 13.6 Å². The number of amides is 1. The molecule has 3 heterocycles. The van der Waals surface area contributed by atoms with Crippen LogP contribution in [0.15, 0.2) is 57.6 Å². The van der Waals surface area contributed by atoms with Crippen molar-refractivity contribution in [1.82, 2.24) is 15.1 Å². The minimum atomic E-state index is -2.95. The van der Waals surface area contributed by atoms with E-state index in [2.05, 4.69) is 22.1 Å². The van der Waals surface area contributed by atoms with E-state index in [0.29, 0.717) is 17.9 Å². The van der Waals surface area contributed by atoms with Gasteiger partial charge in [-0.25, -0.2) is 8.78 Å². The molecular weight excluding hydrogens is 530 g/mol. The van der Waals surface area contributed by atoms with Crippen molar-refractivity contribution in [2.45, 2.75) is 31.9 Å². The third kappa shape index (κ3) is 5.57. The van der Waals surface area contributed by atoms with Gasteiger partial charge in [-0.3, -0.25) is 4.79 Å². The summed E-state index contributed by atoms with van der Waals surface area (Å²) < 4.78 is 66.5. The van der Waals surface area contributed by atoms with E-state index in [-0.39, 0.29) is 40.9 Å². The molecule has 0 radical (unpaired) electrons. The quantitative estimate of drug-likeness (QED) is 0.187. The Bertz CT molecular complexity index is 1470. The summed E-state index contributed by atoms with van der Waals surface area (Å²) >= 11 is 0. The zero-order valence-corrected chi connectivity index (χ0v) is 21.9. The molecule has 0 saturated carbocycles. The number of piperidine rings is 1. The van der Waals surface area contributed by atoms with Crippen LogP contribution in [0.5, 0.6) is 0 Å². The first kappa shape index (κ1) is 27.4. The molecule has 4 aromatic rings. The Kier molecular flexibility index (Phi) is 7.88. The van der Waals surface area contributed by atoms with Gasteiger partial charge in [0.1, 0.15) is 17.4 Å². The van der Waals surface area contributed by atoms with Gasteiger partial charge < -0.3 is 23.5 Å². The van der Waals surface area contributed by atoms with Crippen LogP contribution >= 0.6 is 0 Å². The van der Waals surface area contributed by atoms with Crippen LogP contribution in [0.25, 0.3) is 22.8 Å². The molecule has 0 aliphatic carbocycles. The van der Waals surface area contributed by atoms with E-state index in [1.807, 2.05) is 11.9 Å². The molecule has 0 spiro atoms. The Morgan fingerprint density at radius 2 is 1.85 bits per heavy atom. The van der Waals surface area contributed by atoms with Crippen LogP contribution in [0, 0.1) is 11.6 Å². The first-order chi connectivity index (χ1) is 19.2. The minimum absolute atomic E-state index is 0.106. The number of carbonyl (C=O) groups excluding carboxylic acids is 1. The first-order valence-electron chi connectivity index (χ1n) is 12.7. The molecule has 0 unspecified atom stereocenters. The van der Waals surface area contributed by atoms with E-state index in [1.165, 1.54) is 29.4 Å². The molecule has 1 aliphatic heterocycles. The van der Waals surface area contributed by atoms with Gasteiger partial charge in [-0.2, -0.15) is 8.78 Å². The smallest absolute Gasteiger partial charge is 0.314 e. The Morgan fingerprint density at radius 1 is 1.07 bits per heavy atom. The number of carbonyl (C=O) groups is 1. The molecule has 5 rings (SSSR count). The number of hydrogen-bond donors (Lipinski definition) is 0. The molecule has 0 atom stereocenters. The highest BCUT2D eigenvalue weighted by Crippen LogP contribution is 2.38. The molecular formula is C28H27F4N5O3. The number of hydrogen-bond acceptors (Lipinski definition) is 7. The molecule has 0 N–H and O–H groups in total. The average Bonchev–Trinajstić information content (AvgIpc) is 3.66. The average molecular weight is 558 g/mol. The predicted molar refractivity (Wildman–Crippen MR) is 140 cm³/mol. The topological polar surface area (TPSA) is 78.9 Å². The fourth-order valence-corrected chi connectivity index (χ4v) is 4.87. The van der Waals surface area contributed by atoms with Crippen LogP contribution < -0.4 is 9.80 Å². The maximum Gasteiger partial charge on any atom is 0.314 e. The van der Waals surface area contributed by atoms with Gasteiger partial charge in [-0.1, -0.05) is 6.07 Å². The van der Waals surface area contributed by atoms with Crippen molar-refractivity contribution in [2.24, 2.45) is 0 Å². The zero-order chi connectivity index (χ0) is 28.4. The second-order valence-electron chi connectivity index (χ2n) is 9.73. The fourth-order valence-electron chi connectivity index (χ4n) is 4.87. The van der Waals surface area contributed by atoms with Crippen molar-refractivity contribution in [2.75, 3.05) is 37.0 Å². The predicted octanol–water partition coefficient (Wildman–Crippen LogP) is 5.91. The van der Waals surface area contributed by atoms with Crippen LogP contribution in [-0.4, -0.2) is 54.7 Å². The Labute approximate surface area is 227 Å². The lowest BCUT2D eigenvalue weighted by molar-refractivity contribution is -0.107. The van der Waals surface area contributed by atoms with E-state index in [0.717, 1.165) is 32.0 Å². The van der Waals surface area contributed by atoms with Gasteiger partial charge in [0, 0.05) is 30.3 Å². The van der Waals surface area contributed by atoms with Gasteiger partial charge in [-0.15, -0.1) is 10.2 Å². The van der Waals surface area contributed by atoms with Crippen molar-refractivity contribution in [3.63, 3.8) is 0 Å². The Morgan fingerprint density at radius 3 is 2.48 bits per heavy atom. The molecule has 1 saturated heterocycles. The van der Waals surface area contributed by atoms with Gasteiger partial charge in [-0.05, 0) is 63.3 Å². The lowest BCUT2D eigenvalue weighted by Gasteiger charge is -2.38. The highest BCUT2D eigenvalue weighted by molar-refractivity contribution is 5.87. The number of rotatable bonds is 9. The first-order valence-corrected chi connectivity index (χ1v) is 12.7.